The first-order valence-electron chi connectivity index (χ1n) is 9.02. The van der Waals surface area contributed by atoms with Crippen molar-refractivity contribution >= 4 is 23.1 Å². The average Bonchev–Trinajstić information content (AvgIpc) is 2.76. The second kappa shape index (κ2) is 7.86. The van der Waals surface area contributed by atoms with Crippen molar-refractivity contribution < 1.29 is 4.79 Å². The largest absolute Gasteiger partial charge is 0.368 e. The third-order valence-corrected chi connectivity index (χ3v) is 4.67. The second-order valence-electron chi connectivity index (χ2n) is 6.40. The quantitative estimate of drug-likeness (QED) is 0.776. The standard InChI is InChI=1S/C21H21N5O/c27-21(17-4-3-10-22-16-17)24-18-6-8-19(9-7-18)25-12-14-26(15-13-25)20-5-1-2-11-23-20/h1-11,16H,12-15H2,(H,24,27). The zero-order valence-electron chi connectivity index (χ0n) is 15.0. The molecule has 1 saturated heterocycles. The van der Waals surface area contributed by atoms with Crippen LogP contribution in [0.1, 0.15) is 10.4 Å². The molecular formula is C21H21N5O. The van der Waals surface area contributed by atoms with Gasteiger partial charge in [0.2, 0.25) is 0 Å². The number of rotatable bonds is 4. The van der Waals surface area contributed by atoms with E-state index in [0.29, 0.717) is 5.56 Å². The summed E-state index contributed by atoms with van der Waals surface area (Å²) in [5, 5.41) is 2.90. The summed E-state index contributed by atoms with van der Waals surface area (Å²) in [6, 6.07) is 17.5. The zero-order chi connectivity index (χ0) is 18.5. The third kappa shape index (κ3) is 4.06. The van der Waals surface area contributed by atoms with E-state index in [1.165, 1.54) is 0 Å². The molecule has 2 aromatic heterocycles. The predicted molar refractivity (Wildman–Crippen MR) is 107 cm³/mol. The van der Waals surface area contributed by atoms with E-state index >= 15 is 0 Å². The van der Waals surface area contributed by atoms with Crippen LogP contribution in [0.2, 0.25) is 0 Å². The van der Waals surface area contributed by atoms with Gasteiger partial charge >= 0.3 is 0 Å². The first-order chi connectivity index (χ1) is 13.3. The molecule has 6 heteroatoms. The van der Waals surface area contributed by atoms with Gasteiger partial charge in [-0.05, 0) is 48.5 Å². The Labute approximate surface area is 158 Å². The molecule has 0 aliphatic carbocycles. The minimum atomic E-state index is -0.153. The van der Waals surface area contributed by atoms with Gasteiger partial charge < -0.3 is 15.1 Å². The molecule has 136 valence electrons. The van der Waals surface area contributed by atoms with Crippen molar-refractivity contribution in [2.24, 2.45) is 0 Å². The van der Waals surface area contributed by atoms with Crippen LogP contribution in [-0.4, -0.2) is 42.1 Å². The van der Waals surface area contributed by atoms with Crippen LogP contribution in [0.15, 0.2) is 73.2 Å². The van der Waals surface area contributed by atoms with Crippen LogP contribution in [0.25, 0.3) is 0 Å². The maximum atomic E-state index is 12.2. The van der Waals surface area contributed by atoms with E-state index in [9.17, 15) is 4.79 Å². The first kappa shape index (κ1) is 17.0. The van der Waals surface area contributed by atoms with Gasteiger partial charge in [0.05, 0.1) is 5.56 Å². The van der Waals surface area contributed by atoms with Crippen LogP contribution < -0.4 is 15.1 Å². The fourth-order valence-electron chi connectivity index (χ4n) is 3.19. The summed E-state index contributed by atoms with van der Waals surface area (Å²) in [6.07, 6.45) is 5.05. The van der Waals surface area contributed by atoms with E-state index in [1.807, 2.05) is 30.5 Å². The molecule has 1 fully saturated rings. The van der Waals surface area contributed by atoms with Crippen LogP contribution in [0, 0.1) is 0 Å². The van der Waals surface area contributed by atoms with Crippen LogP contribution in [0.4, 0.5) is 17.2 Å². The minimum Gasteiger partial charge on any atom is -0.368 e. The zero-order valence-corrected chi connectivity index (χ0v) is 15.0. The summed E-state index contributed by atoms with van der Waals surface area (Å²) >= 11 is 0. The highest BCUT2D eigenvalue weighted by atomic mass is 16.1. The fourth-order valence-corrected chi connectivity index (χ4v) is 3.19. The van der Waals surface area contributed by atoms with Gasteiger partial charge in [0.1, 0.15) is 5.82 Å². The summed E-state index contributed by atoms with van der Waals surface area (Å²) in [5.41, 5.74) is 2.49. The monoisotopic (exact) mass is 359 g/mol. The molecule has 1 aliphatic rings. The number of carbonyl (C=O) groups excluding carboxylic acids is 1. The molecule has 1 N–H and O–H groups in total. The summed E-state index contributed by atoms with van der Waals surface area (Å²) in [4.78, 5) is 25.3. The summed E-state index contributed by atoms with van der Waals surface area (Å²) < 4.78 is 0. The van der Waals surface area contributed by atoms with E-state index in [0.717, 1.165) is 43.4 Å². The lowest BCUT2D eigenvalue weighted by molar-refractivity contribution is 0.102. The van der Waals surface area contributed by atoms with Crippen molar-refractivity contribution in [2.75, 3.05) is 41.3 Å². The van der Waals surface area contributed by atoms with Crippen molar-refractivity contribution in [1.29, 1.82) is 0 Å². The lowest BCUT2D eigenvalue weighted by Gasteiger charge is -2.36. The smallest absolute Gasteiger partial charge is 0.257 e. The van der Waals surface area contributed by atoms with Crippen LogP contribution >= 0.6 is 0 Å². The van der Waals surface area contributed by atoms with Crippen LogP contribution in [-0.2, 0) is 0 Å². The number of hydrogen-bond acceptors (Lipinski definition) is 5. The average molecular weight is 359 g/mol. The van der Waals surface area contributed by atoms with Crippen molar-refractivity contribution in [3.8, 4) is 0 Å². The Morgan fingerprint density at radius 1 is 0.852 bits per heavy atom. The predicted octanol–water partition coefficient (Wildman–Crippen LogP) is 3.06. The van der Waals surface area contributed by atoms with Gasteiger partial charge in [-0.25, -0.2) is 4.98 Å². The molecule has 3 aromatic rings. The number of hydrogen-bond donors (Lipinski definition) is 1. The van der Waals surface area contributed by atoms with Gasteiger partial charge in [-0.1, -0.05) is 6.07 Å². The van der Waals surface area contributed by atoms with E-state index in [-0.39, 0.29) is 5.91 Å². The summed E-state index contributed by atoms with van der Waals surface area (Å²) in [6.45, 7) is 3.77. The highest BCUT2D eigenvalue weighted by Crippen LogP contribution is 2.21. The topological polar surface area (TPSA) is 61.4 Å². The number of nitrogens with one attached hydrogen (secondary N) is 1. The van der Waals surface area contributed by atoms with E-state index in [1.54, 1.807) is 24.5 Å². The van der Waals surface area contributed by atoms with Gasteiger partial charge in [0.15, 0.2) is 0 Å². The van der Waals surface area contributed by atoms with E-state index in [2.05, 4.69) is 43.3 Å². The molecule has 0 unspecified atom stereocenters. The molecule has 1 amide bonds. The number of carbonyl (C=O) groups is 1. The minimum absolute atomic E-state index is 0.153. The molecule has 4 rings (SSSR count). The Bertz CT molecular complexity index is 875. The number of piperazine rings is 1. The first-order valence-corrected chi connectivity index (χ1v) is 9.02. The normalized spacial score (nSPS) is 14.1. The molecule has 0 spiro atoms. The lowest BCUT2D eigenvalue weighted by atomic mass is 10.2. The molecule has 0 bridgehead atoms. The Balaban J connectivity index is 1.35. The second-order valence-corrected chi connectivity index (χ2v) is 6.40. The number of anilines is 3. The van der Waals surface area contributed by atoms with Crippen LogP contribution in [0.3, 0.4) is 0 Å². The van der Waals surface area contributed by atoms with Gasteiger partial charge in [0.25, 0.3) is 5.91 Å². The lowest BCUT2D eigenvalue weighted by Crippen LogP contribution is -2.46. The van der Waals surface area contributed by atoms with E-state index < -0.39 is 0 Å². The Hall–Kier alpha value is -3.41. The molecule has 1 aromatic carbocycles. The number of amides is 1. The van der Waals surface area contributed by atoms with Gasteiger partial charge in [0, 0.05) is 56.1 Å². The Kier molecular flexibility index (Phi) is 4.96. The molecule has 0 saturated carbocycles. The van der Waals surface area contributed by atoms with E-state index in [4.69, 9.17) is 0 Å². The van der Waals surface area contributed by atoms with Gasteiger partial charge in [-0.3, -0.25) is 9.78 Å². The Morgan fingerprint density at radius 3 is 2.30 bits per heavy atom. The summed E-state index contributed by atoms with van der Waals surface area (Å²) in [5.74, 6) is 0.880. The number of aromatic nitrogens is 2. The fraction of sp³-hybridized carbons (Fsp3) is 0.190. The molecule has 3 heterocycles. The molecule has 1 aliphatic heterocycles. The number of nitrogens with zero attached hydrogens (tertiary/aromatic N) is 4. The maximum Gasteiger partial charge on any atom is 0.257 e. The number of pyridine rings is 2. The van der Waals surface area contributed by atoms with Crippen molar-refractivity contribution in [3.05, 3.63) is 78.8 Å². The van der Waals surface area contributed by atoms with Crippen molar-refractivity contribution in [2.45, 2.75) is 0 Å². The van der Waals surface area contributed by atoms with Gasteiger partial charge in [-0.15, -0.1) is 0 Å². The summed E-state index contributed by atoms with van der Waals surface area (Å²) in [7, 11) is 0. The molecule has 6 nitrogen and oxygen atoms in total. The van der Waals surface area contributed by atoms with Crippen LogP contribution in [0.5, 0.6) is 0 Å². The molecule has 0 radical (unpaired) electrons. The molecule has 27 heavy (non-hydrogen) atoms. The van der Waals surface area contributed by atoms with Gasteiger partial charge in [-0.2, -0.15) is 0 Å². The Morgan fingerprint density at radius 2 is 1.63 bits per heavy atom. The maximum absolute atomic E-state index is 12.2. The molecular weight excluding hydrogens is 338 g/mol. The van der Waals surface area contributed by atoms with Crippen molar-refractivity contribution in [3.63, 3.8) is 0 Å². The highest BCUT2D eigenvalue weighted by molar-refractivity contribution is 6.04. The number of benzene rings is 1. The highest BCUT2D eigenvalue weighted by Gasteiger charge is 2.18. The van der Waals surface area contributed by atoms with Crippen molar-refractivity contribution in [1.82, 2.24) is 9.97 Å². The SMILES string of the molecule is O=C(Nc1ccc(N2CCN(c3ccccn3)CC2)cc1)c1cccnc1. The third-order valence-electron chi connectivity index (χ3n) is 4.67. The molecule has 0 atom stereocenters.